The number of nitrogens with zero attached hydrogens (tertiary/aromatic N) is 2. The second kappa shape index (κ2) is 7.03. The van der Waals surface area contributed by atoms with E-state index in [-0.39, 0.29) is 12.5 Å². The average Bonchev–Trinajstić information content (AvgIpc) is 3.16. The number of rotatable bonds is 6. The summed E-state index contributed by atoms with van der Waals surface area (Å²) in [4.78, 5) is 29.5. The Bertz CT molecular complexity index is 606. The number of amides is 1. The van der Waals surface area contributed by atoms with Crippen LogP contribution < -0.4 is 0 Å². The fourth-order valence-corrected chi connectivity index (χ4v) is 2.55. The molecule has 0 bridgehead atoms. The molecule has 0 radical (unpaired) electrons. The maximum atomic E-state index is 12.4. The zero-order valence-corrected chi connectivity index (χ0v) is 12.7. The van der Waals surface area contributed by atoms with Gasteiger partial charge >= 0.3 is 5.97 Å². The lowest BCUT2D eigenvalue weighted by atomic mass is 10.3. The van der Waals surface area contributed by atoms with Gasteiger partial charge in [0, 0.05) is 11.9 Å². The lowest BCUT2D eigenvalue weighted by molar-refractivity contribution is -0.141. The largest absolute Gasteiger partial charge is 0.468 e. The number of ether oxygens (including phenoxy) is 1. The maximum Gasteiger partial charge on any atom is 0.325 e. The summed E-state index contributed by atoms with van der Waals surface area (Å²) in [6.07, 6.45) is 2.30. The first-order chi connectivity index (χ1) is 10.2. The number of esters is 1. The first-order valence-corrected chi connectivity index (χ1v) is 7.39. The molecule has 0 unspecified atom stereocenters. The molecule has 2 aromatic rings. The van der Waals surface area contributed by atoms with E-state index in [4.69, 9.17) is 4.42 Å². The van der Waals surface area contributed by atoms with Crippen molar-refractivity contribution in [3.63, 3.8) is 0 Å². The number of furan rings is 1. The van der Waals surface area contributed by atoms with Crippen LogP contribution in [-0.2, 0) is 9.53 Å². The van der Waals surface area contributed by atoms with Crippen molar-refractivity contribution in [1.82, 2.24) is 9.88 Å². The van der Waals surface area contributed by atoms with E-state index >= 15 is 0 Å². The predicted molar refractivity (Wildman–Crippen MR) is 78.0 cm³/mol. The first kappa shape index (κ1) is 15.2. The summed E-state index contributed by atoms with van der Waals surface area (Å²) in [6.45, 7) is 2.34. The summed E-state index contributed by atoms with van der Waals surface area (Å²) in [5.74, 6) is -0.108. The van der Waals surface area contributed by atoms with Gasteiger partial charge in [0.1, 0.15) is 12.2 Å². The third kappa shape index (κ3) is 3.69. The van der Waals surface area contributed by atoms with Crippen molar-refractivity contribution in [1.29, 1.82) is 0 Å². The van der Waals surface area contributed by atoms with Gasteiger partial charge in [-0.05, 0) is 18.6 Å². The number of carbonyl (C=O) groups is 2. The smallest absolute Gasteiger partial charge is 0.325 e. The molecule has 0 aliphatic carbocycles. The molecule has 7 heteroatoms. The van der Waals surface area contributed by atoms with E-state index < -0.39 is 5.97 Å². The zero-order valence-electron chi connectivity index (χ0n) is 11.9. The second-order valence-electron chi connectivity index (χ2n) is 4.32. The Morgan fingerprint density at radius 3 is 2.90 bits per heavy atom. The van der Waals surface area contributed by atoms with Crippen LogP contribution >= 0.6 is 11.3 Å². The number of hydrogen-bond donors (Lipinski definition) is 0. The molecule has 112 valence electrons. The van der Waals surface area contributed by atoms with Crippen LogP contribution in [-0.4, -0.2) is 42.0 Å². The zero-order chi connectivity index (χ0) is 15.2. The molecule has 21 heavy (non-hydrogen) atoms. The first-order valence-electron chi connectivity index (χ1n) is 6.51. The molecule has 0 aliphatic rings. The predicted octanol–water partition coefficient (Wildman–Crippen LogP) is 2.43. The molecule has 0 aromatic carbocycles. The standard InChI is InChI=1S/C14H16N2O4S/c1-3-6-16(8-12(17)19-2)14(18)10-9-21-13(15-10)11-5-4-7-20-11/h4-5,7,9H,3,6,8H2,1-2H3. The van der Waals surface area contributed by atoms with Crippen LogP contribution in [0, 0.1) is 0 Å². The van der Waals surface area contributed by atoms with Crippen molar-refractivity contribution in [2.24, 2.45) is 0 Å². The van der Waals surface area contributed by atoms with Crippen molar-refractivity contribution in [3.8, 4) is 10.8 Å². The van der Waals surface area contributed by atoms with E-state index in [0.717, 1.165) is 6.42 Å². The fourth-order valence-electron chi connectivity index (χ4n) is 1.79. The number of hydrogen-bond acceptors (Lipinski definition) is 6. The molecule has 1 amide bonds. The Kier molecular flexibility index (Phi) is 5.10. The fraction of sp³-hybridized carbons (Fsp3) is 0.357. The molecular weight excluding hydrogens is 292 g/mol. The van der Waals surface area contributed by atoms with Crippen LogP contribution in [0.15, 0.2) is 28.2 Å². The van der Waals surface area contributed by atoms with Crippen molar-refractivity contribution in [3.05, 3.63) is 29.5 Å². The van der Waals surface area contributed by atoms with E-state index in [1.54, 1.807) is 23.8 Å². The van der Waals surface area contributed by atoms with Crippen LogP contribution in [0.2, 0.25) is 0 Å². The molecule has 2 rings (SSSR count). The highest BCUT2D eigenvalue weighted by Crippen LogP contribution is 2.24. The maximum absolute atomic E-state index is 12.4. The molecule has 0 atom stereocenters. The van der Waals surface area contributed by atoms with E-state index in [1.165, 1.54) is 23.3 Å². The van der Waals surface area contributed by atoms with E-state index in [0.29, 0.717) is 23.0 Å². The highest BCUT2D eigenvalue weighted by molar-refractivity contribution is 7.13. The Hall–Kier alpha value is -2.15. The second-order valence-corrected chi connectivity index (χ2v) is 5.18. The van der Waals surface area contributed by atoms with Gasteiger partial charge in [-0.2, -0.15) is 0 Å². The summed E-state index contributed by atoms with van der Waals surface area (Å²) in [6, 6.07) is 3.55. The van der Waals surface area contributed by atoms with Crippen LogP contribution in [0.1, 0.15) is 23.8 Å². The minimum atomic E-state index is -0.446. The summed E-state index contributed by atoms with van der Waals surface area (Å²) >= 11 is 1.33. The van der Waals surface area contributed by atoms with Crippen LogP contribution in [0.4, 0.5) is 0 Å². The number of carbonyl (C=O) groups excluding carboxylic acids is 2. The Morgan fingerprint density at radius 1 is 1.48 bits per heavy atom. The normalized spacial score (nSPS) is 10.4. The van der Waals surface area contributed by atoms with Crippen LogP contribution in [0.5, 0.6) is 0 Å². The third-order valence-corrected chi connectivity index (χ3v) is 3.64. The Balaban J connectivity index is 2.15. The third-order valence-electron chi connectivity index (χ3n) is 2.78. The summed E-state index contributed by atoms with van der Waals surface area (Å²) in [5.41, 5.74) is 0.309. The van der Waals surface area contributed by atoms with Gasteiger partial charge in [-0.15, -0.1) is 11.3 Å². The lowest BCUT2D eigenvalue weighted by Gasteiger charge is -2.19. The minimum Gasteiger partial charge on any atom is -0.468 e. The quantitative estimate of drug-likeness (QED) is 0.766. The molecule has 0 N–H and O–H groups in total. The van der Waals surface area contributed by atoms with E-state index in [1.807, 2.05) is 6.92 Å². The molecular formula is C14H16N2O4S. The van der Waals surface area contributed by atoms with Gasteiger partial charge in [0.15, 0.2) is 10.8 Å². The van der Waals surface area contributed by atoms with E-state index in [2.05, 4.69) is 9.72 Å². The van der Waals surface area contributed by atoms with Gasteiger partial charge in [0.25, 0.3) is 5.91 Å². The van der Waals surface area contributed by atoms with Gasteiger partial charge in [-0.1, -0.05) is 6.92 Å². The topological polar surface area (TPSA) is 72.6 Å². The Morgan fingerprint density at radius 2 is 2.29 bits per heavy atom. The van der Waals surface area contributed by atoms with Gasteiger partial charge in [-0.3, -0.25) is 9.59 Å². The molecule has 0 aliphatic heterocycles. The van der Waals surface area contributed by atoms with Crippen LogP contribution in [0.3, 0.4) is 0 Å². The highest BCUT2D eigenvalue weighted by Gasteiger charge is 2.21. The molecule has 0 saturated heterocycles. The van der Waals surface area contributed by atoms with Crippen molar-refractivity contribution in [2.45, 2.75) is 13.3 Å². The summed E-state index contributed by atoms with van der Waals surface area (Å²) in [7, 11) is 1.30. The molecule has 2 aromatic heterocycles. The number of thiazole rings is 1. The highest BCUT2D eigenvalue weighted by atomic mass is 32.1. The lowest BCUT2D eigenvalue weighted by Crippen LogP contribution is -2.37. The van der Waals surface area contributed by atoms with Crippen molar-refractivity contribution < 1.29 is 18.7 Å². The molecule has 2 heterocycles. The average molecular weight is 308 g/mol. The van der Waals surface area contributed by atoms with Gasteiger partial charge < -0.3 is 14.1 Å². The number of methoxy groups -OCH3 is 1. The van der Waals surface area contributed by atoms with Gasteiger partial charge in [0.05, 0.1) is 13.4 Å². The minimum absolute atomic E-state index is 0.0726. The number of aromatic nitrogens is 1. The summed E-state index contributed by atoms with van der Waals surface area (Å²) < 4.78 is 9.86. The SMILES string of the molecule is CCCN(CC(=O)OC)C(=O)c1csc(-c2ccco2)n1. The van der Waals surface area contributed by atoms with Crippen molar-refractivity contribution >= 4 is 23.2 Å². The molecule has 0 saturated carbocycles. The Labute approximate surface area is 126 Å². The molecule has 0 fully saturated rings. The van der Waals surface area contributed by atoms with Crippen molar-refractivity contribution in [2.75, 3.05) is 20.2 Å². The molecule has 0 spiro atoms. The monoisotopic (exact) mass is 308 g/mol. The van der Waals surface area contributed by atoms with Gasteiger partial charge in [-0.25, -0.2) is 4.98 Å². The summed E-state index contributed by atoms with van der Waals surface area (Å²) in [5, 5.41) is 2.30. The van der Waals surface area contributed by atoms with E-state index in [9.17, 15) is 9.59 Å². The molecule has 6 nitrogen and oxygen atoms in total. The van der Waals surface area contributed by atoms with Gasteiger partial charge in [0.2, 0.25) is 0 Å². The van der Waals surface area contributed by atoms with Crippen LogP contribution in [0.25, 0.3) is 10.8 Å².